The van der Waals surface area contributed by atoms with E-state index in [-0.39, 0.29) is 0 Å². The Morgan fingerprint density at radius 3 is 1.50 bits per heavy atom. The van der Waals surface area contributed by atoms with Gasteiger partial charge in [0.25, 0.3) is 0 Å². The molecule has 1 aliphatic rings. The average Bonchev–Trinajstić information content (AvgIpc) is 3.17. The number of unbranched alkanes of at least 4 members (excludes halogenated alkanes) is 13. The molecule has 0 fully saturated rings. The summed E-state index contributed by atoms with van der Waals surface area (Å²) in [5.41, 5.74) is 1.42. The highest BCUT2D eigenvalue weighted by Crippen LogP contribution is 2.31. The van der Waals surface area contributed by atoms with Crippen LogP contribution in [0.2, 0.25) is 0 Å². The largest absolute Gasteiger partial charge is 0.352 e. The van der Waals surface area contributed by atoms with Crippen molar-refractivity contribution in [1.82, 2.24) is 9.80 Å². The van der Waals surface area contributed by atoms with Gasteiger partial charge < -0.3 is 9.80 Å². The molecule has 1 unspecified atom stereocenters. The second kappa shape index (κ2) is 16.3. The molecule has 30 heavy (non-hydrogen) atoms. The van der Waals surface area contributed by atoms with Crippen molar-refractivity contribution < 1.29 is 0 Å². The van der Waals surface area contributed by atoms with E-state index in [1.54, 1.807) is 0 Å². The van der Waals surface area contributed by atoms with Gasteiger partial charge in [0.2, 0.25) is 0 Å². The van der Waals surface area contributed by atoms with Crippen molar-refractivity contribution in [2.75, 3.05) is 13.1 Å². The summed E-state index contributed by atoms with van der Waals surface area (Å²) in [6.45, 7) is 6.87. The van der Waals surface area contributed by atoms with Crippen LogP contribution in [0, 0.1) is 0 Å². The van der Waals surface area contributed by atoms with Crippen molar-refractivity contribution in [3.05, 3.63) is 48.3 Å². The summed E-state index contributed by atoms with van der Waals surface area (Å²) in [7, 11) is 0. The lowest BCUT2D eigenvalue weighted by Crippen LogP contribution is -2.31. The molecule has 0 bridgehead atoms. The fourth-order valence-corrected chi connectivity index (χ4v) is 4.67. The van der Waals surface area contributed by atoms with Crippen LogP contribution in [0.25, 0.3) is 0 Å². The first-order valence-electron chi connectivity index (χ1n) is 13.1. The molecule has 0 saturated carbocycles. The summed E-state index contributed by atoms with van der Waals surface area (Å²) >= 11 is 0. The fraction of sp³-hybridized carbons (Fsp3) is 0.714. The normalized spacial score (nSPS) is 16.0. The third-order valence-electron chi connectivity index (χ3n) is 6.43. The predicted molar refractivity (Wildman–Crippen MR) is 132 cm³/mol. The maximum atomic E-state index is 2.55. The van der Waals surface area contributed by atoms with E-state index in [4.69, 9.17) is 0 Å². The lowest BCUT2D eigenvalue weighted by molar-refractivity contribution is 0.152. The lowest BCUT2D eigenvalue weighted by Gasteiger charge is -2.33. The van der Waals surface area contributed by atoms with Gasteiger partial charge in [-0.1, -0.05) is 128 Å². The summed E-state index contributed by atoms with van der Waals surface area (Å²) in [5, 5.41) is 0. The van der Waals surface area contributed by atoms with Crippen LogP contribution in [-0.2, 0) is 0 Å². The van der Waals surface area contributed by atoms with Crippen molar-refractivity contribution in [3.8, 4) is 0 Å². The first kappa shape index (κ1) is 24.8. The molecule has 1 aromatic carbocycles. The van der Waals surface area contributed by atoms with Gasteiger partial charge >= 0.3 is 0 Å². The van der Waals surface area contributed by atoms with Gasteiger partial charge in [-0.2, -0.15) is 0 Å². The Morgan fingerprint density at radius 2 is 1.00 bits per heavy atom. The smallest absolute Gasteiger partial charge is 0.127 e. The molecular formula is C28H48N2. The fourth-order valence-electron chi connectivity index (χ4n) is 4.67. The minimum absolute atomic E-state index is 0.396. The molecule has 0 spiro atoms. The van der Waals surface area contributed by atoms with E-state index in [9.17, 15) is 0 Å². The van der Waals surface area contributed by atoms with Gasteiger partial charge in [-0.3, -0.25) is 0 Å². The van der Waals surface area contributed by atoms with Crippen LogP contribution >= 0.6 is 0 Å². The summed E-state index contributed by atoms with van der Waals surface area (Å²) in [6.07, 6.45) is 26.2. The molecule has 0 aliphatic carbocycles. The van der Waals surface area contributed by atoms with Gasteiger partial charge in [0.15, 0.2) is 0 Å². The Kier molecular flexibility index (Phi) is 13.5. The van der Waals surface area contributed by atoms with Crippen molar-refractivity contribution in [2.45, 2.75) is 116 Å². The Hall–Kier alpha value is -1.44. The van der Waals surface area contributed by atoms with Gasteiger partial charge in [-0.05, 0) is 18.4 Å². The lowest BCUT2D eigenvalue weighted by atomic mass is 10.0. The van der Waals surface area contributed by atoms with Gasteiger partial charge in [-0.15, -0.1) is 0 Å². The third kappa shape index (κ3) is 9.58. The van der Waals surface area contributed by atoms with E-state index in [1.807, 2.05) is 0 Å². The van der Waals surface area contributed by atoms with Gasteiger partial charge in [0.05, 0.1) is 0 Å². The highest BCUT2D eigenvalue weighted by molar-refractivity contribution is 5.21. The molecular weight excluding hydrogens is 364 g/mol. The standard InChI is InChI=1S/C28H48N2/c1-3-5-6-7-8-9-10-11-12-13-14-15-16-20-24-30-26-25-29(23-4-2)28(30)27-21-18-17-19-22-27/h17-19,21-22,25-26,28H,3-16,20,23-24H2,1-2H3. The van der Waals surface area contributed by atoms with Crippen LogP contribution in [0.4, 0.5) is 0 Å². The average molecular weight is 413 g/mol. The van der Waals surface area contributed by atoms with Crippen molar-refractivity contribution in [2.24, 2.45) is 0 Å². The van der Waals surface area contributed by atoms with E-state index in [0.717, 1.165) is 6.54 Å². The highest BCUT2D eigenvalue weighted by atomic mass is 15.4. The SMILES string of the molecule is CCCCCCCCCCCCCCCCN1C=CN(CCC)C1c1ccccc1. The zero-order valence-electron chi connectivity index (χ0n) is 20.0. The Balaban J connectivity index is 1.50. The molecule has 0 amide bonds. The minimum Gasteiger partial charge on any atom is -0.352 e. The first-order chi connectivity index (χ1) is 14.9. The third-order valence-corrected chi connectivity index (χ3v) is 6.43. The van der Waals surface area contributed by atoms with Crippen LogP contribution in [0.15, 0.2) is 42.7 Å². The zero-order valence-corrected chi connectivity index (χ0v) is 20.0. The topological polar surface area (TPSA) is 6.48 Å². The number of rotatable bonds is 18. The minimum atomic E-state index is 0.396. The molecule has 1 aromatic rings. The van der Waals surface area contributed by atoms with E-state index < -0.39 is 0 Å². The Bertz CT molecular complexity index is 539. The van der Waals surface area contributed by atoms with Crippen molar-refractivity contribution >= 4 is 0 Å². The number of nitrogens with zero attached hydrogens (tertiary/aromatic N) is 2. The van der Waals surface area contributed by atoms with Crippen LogP contribution in [0.3, 0.4) is 0 Å². The molecule has 2 heteroatoms. The summed E-state index contributed by atoms with van der Waals surface area (Å²) < 4.78 is 0. The molecule has 0 saturated heterocycles. The highest BCUT2D eigenvalue weighted by Gasteiger charge is 2.26. The van der Waals surface area contributed by atoms with E-state index in [0.29, 0.717) is 6.17 Å². The molecule has 1 heterocycles. The van der Waals surface area contributed by atoms with E-state index in [1.165, 1.54) is 108 Å². The van der Waals surface area contributed by atoms with Gasteiger partial charge in [-0.25, -0.2) is 0 Å². The molecule has 0 radical (unpaired) electrons. The number of hydrogen-bond donors (Lipinski definition) is 0. The molecule has 0 N–H and O–H groups in total. The number of benzene rings is 1. The van der Waals surface area contributed by atoms with E-state index in [2.05, 4.69) is 66.4 Å². The Labute approximate surface area is 187 Å². The van der Waals surface area contributed by atoms with Crippen LogP contribution in [-0.4, -0.2) is 22.9 Å². The summed E-state index contributed by atoms with van der Waals surface area (Å²) in [6, 6.07) is 11.0. The molecule has 1 aliphatic heterocycles. The summed E-state index contributed by atoms with van der Waals surface area (Å²) in [4.78, 5) is 5.05. The molecule has 170 valence electrons. The molecule has 0 aromatic heterocycles. The molecule has 2 nitrogen and oxygen atoms in total. The van der Waals surface area contributed by atoms with Crippen molar-refractivity contribution in [1.29, 1.82) is 0 Å². The second-order valence-electron chi connectivity index (χ2n) is 9.15. The Morgan fingerprint density at radius 1 is 0.533 bits per heavy atom. The van der Waals surface area contributed by atoms with Gasteiger partial charge in [0.1, 0.15) is 6.17 Å². The molecule has 2 rings (SSSR count). The van der Waals surface area contributed by atoms with Crippen LogP contribution < -0.4 is 0 Å². The zero-order chi connectivity index (χ0) is 21.3. The predicted octanol–water partition coefficient (Wildman–Crippen LogP) is 8.67. The monoisotopic (exact) mass is 412 g/mol. The van der Waals surface area contributed by atoms with Crippen LogP contribution in [0.5, 0.6) is 0 Å². The quantitative estimate of drug-likeness (QED) is 0.222. The maximum absolute atomic E-state index is 2.55. The second-order valence-corrected chi connectivity index (χ2v) is 9.15. The summed E-state index contributed by atoms with van der Waals surface area (Å²) in [5.74, 6) is 0. The van der Waals surface area contributed by atoms with E-state index >= 15 is 0 Å². The first-order valence-corrected chi connectivity index (χ1v) is 13.1. The van der Waals surface area contributed by atoms with Crippen molar-refractivity contribution in [3.63, 3.8) is 0 Å². The number of hydrogen-bond acceptors (Lipinski definition) is 2. The van der Waals surface area contributed by atoms with Gasteiger partial charge in [0, 0.05) is 25.5 Å². The molecule has 1 atom stereocenters. The van der Waals surface area contributed by atoms with Crippen LogP contribution in [0.1, 0.15) is 122 Å². The maximum Gasteiger partial charge on any atom is 0.127 e.